The van der Waals surface area contributed by atoms with E-state index in [1.807, 2.05) is 55.5 Å². The van der Waals surface area contributed by atoms with Gasteiger partial charge in [0.15, 0.2) is 0 Å². The molecule has 1 aromatic heterocycles. The van der Waals surface area contributed by atoms with Crippen LogP contribution in [0.4, 0.5) is 0 Å². The van der Waals surface area contributed by atoms with E-state index in [1.165, 1.54) is 0 Å². The topological polar surface area (TPSA) is 63.5 Å². The average molecular weight is 390 g/mol. The van der Waals surface area contributed by atoms with Crippen molar-refractivity contribution in [3.63, 3.8) is 0 Å². The van der Waals surface area contributed by atoms with Crippen LogP contribution in [0.5, 0.6) is 5.75 Å². The highest BCUT2D eigenvalue weighted by Crippen LogP contribution is 2.35. The molecule has 0 bridgehead atoms. The third-order valence-electron chi connectivity index (χ3n) is 6.30. The molecule has 5 heteroatoms. The summed E-state index contributed by atoms with van der Waals surface area (Å²) in [7, 11) is 0. The summed E-state index contributed by atoms with van der Waals surface area (Å²) in [4.78, 5) is 13.1. The quantitative estimate of drug-likeness (QED) is 0.690. The maximum absolute atomic E-state index is 13.1. The van der Waals surface area contributed by atoms with Gasteiger partial charge in [-0.2, -0.15) is 0 Å². The lowest BCUT2D eigenvalue weighted by Crippen LogP contribution is -2.34. The minimum atomic E-state index is -0.0422. The number of benzene rings is 2. The molecule has 29 heavy (non-hydrogen) atoms. The molecule has 3 atom stereocenters. The first-order valence-electron chi connectivity index (χ1n) is 10.4. The summed E-state index contributed by atoms with van der Waals surface area (Å²) < 4.78 is 11.8. The number of nitrogens with one attached hydrogen (secondary N) is 2. The number of rotatable bonds is 5. The molecule has 2 N–H and O–H groups in total. The third kappa shape index (κ3) is 3.62. The predicted octanol–water partition coefficient (Wildman–Crippen LogP) is 4.05. The number of fused-ring (bicyclic) bond motifs is 2. The molecule has 0 radical (unpaired) electrons. The summed E-state index contributed by atoms with van der Waals surface area (Å²) in [5, 5.41) is 7.51. The van der Waals surface area contributed by atoms with Crippen LogP contribution in [0.1, 0.15) is 34.5 Å². The zero-order chi connectivity index (χ0) is 19.8. The van der Waals surface area contributed by atoms with E-state index >= 15 is 0 Å². The van der Waals surface area contributed by atoms with Crippen molar-refractivity contribution < 1.29 is 13.9 Å². The molecule has 1 aliphatic carbocycles. The number of amides is 1. The Labute approximate surface area is 170 Å². The Morgan fingerprint density at radius 1 is 1.14 bits per heavy atom. The largest absolute Gasteiger partial charge is 0.489 e. The van der Waals surface area contributed by atoms with Gasteiger partial charge >= 0.3 is 0 Å². The molecule has 2 heterocycles. The molecule has 150 valence electrons. The lowest BCUT2D eigenvalue weighted by Gasteiger charge is -2.14. The van der Waals surface area contributed by atoms with Crippen LogP contribution in [0.2, 0.25) is 0 Å². The van der Waals surface area contributed by atoms with Crippen LogP contribution < -0.4 is 15.4 Å². The number of ether oxygens (including phenoxy) is 1. The smallest absolute Gasteiger partial charge is 0.255 e. The normalized spacial score (nSPS) is 23.3. The van der Waals surface area contributed by atoms with Crippen LogP contribution in [0, 0.1) is 18.8 Å². The number of hydrogen-bond acceptors (Lipinski definition) is 4. The molecule has 3 aromatic rings. The van der Waals surface area contributed by atoms with Gasteiger partial charge in [-0.05, 0) is 68.5 Å². The summed E-state index contributed by atoms with van der Waals surface area (Å²) in [5.74, 6) is 2.73. The van der Waals surface area contributed by atoms with E-state index in [4.69, 9.17) is 9.15 Å². The van der Waals surface area contributed by atoms with Gasteiger partial charge in [0.1, 0.15) is 23.7 Å². The van der Waals surface area contributed by atoms with Crippen LogP contribution in [0.3, 0.4) is 0 Å². The minimum absolute atomic E-state index is 0.0422. The fraction of sp³-hybridized carbons (Fsp3) is 0.375. The molecule has 1 aliphatic heterocycles. The maximum Gasteiger partial charge on any atom is 0.255 e. The Morgan fingerprint density at radius 2 is 1.90 bits per heavy atom. The Hall–Kier alpha value is -2.79. The zero-order valence-electron chi connectivity index (χ0n) is 16.6. The number of hydrogen-bond donors (Lipinski definition) is 2. The number of aryl methyl sites for hydroxylation is 1. The number of carbonyl (C=O) groups excluding carboxylic acids is 1. The van der Waals surface area contributed by atoms with E-state index in [-0.39, 0.29) is 11.9 Å². The van der Waals surface area contributed by atoms with Gasteiger partial charge in [0.2, 0.25) is 0 Å². The summed E-state index contributed by atoms with van der Waals surface area (Å²) in [6, 6.07) is 16.0. The number of carbonyl (C=O) groups is 1. The van der Waals surface area contributed by atoms with Crippen LogP contribution in [-0.2, 0) is 6.61 Å². The van der Waals surface area contributed by atoms with E-state index in [1.54, 1.807) is 0 Å². The molecular weight excluding hydrogens is 364 g/mol. The number of furan rings is 1. The van der Waals surface area contributed by atoms with E-state index in [9.17, 15) is 4.79 Å². The molecule has 1 saturated carbocycles. The van der Waals surface area contributed by atoms with E-state index in [0.717, 1.165) is 42.6 Å². The molecule has 2 aromatic carbocycles. The van der Waals surface area contributed by atoms with E-state index in [0.29, 0.717) is 35.3 Å². The monoisotopic (exact) mass is 390 g/mol. The lowest BCUT2D eigenvalue weighted by molar-refractivity contribution is 0.0936. The van der Waals surface area contributed by atoms with Gasteiger partial charge in [-0.25, -0.2) is 0 Å². The van der Waals surface area contributed by atoms with Gasteiger partial charge in [-0.1, -0.05) is 30.3 Å². The predicted molar refractivity (Wildman–Crippen MR) is 112 cm³/mol. The standard InChI is InChI=1S/C24H26N2O3/c1-15-23(24(27)26-19-9-17-12-25-13-18(17)10-19)21-11-20(7-8-22(21)29-15)28-14-16-5-3-2-4-6-16/h2-8,11,17-19,25H,9-10,12-14H2,1H3,(H,26,27)/t17-,18+,19?. The maximum atomic E-state index is 13.1. The van der Waals surface area contributed by atoms with Crippen LogP contribution in [-0.4, -0.2) is 25.0 Å². The molecule has 5 rings (SSSR count). The third-order valence-corrected chi connectivity index (χ3v) is 6.30. The first-order chi connectivity index (χ1) is 14.2. The minimum Gasteiger partial charge on any atom is -0.489 e. The molecular formula is C24H26N2O3. The molecule has 1 amide bonds. The second-order valence-electron chi connectivity index (χ2n) is 8.29. The van der Waals surface area contributed by atoms with Crippen molar-refractivity contribution in [1.29, 1.82) is 0 Å². The van der Waals surface area contributed by atoms with Gasteiger partial charge in [0, 0.05) is 11.4 Å². The molecule has 1 saturated heterocycles. The Kier molecular flexibility index (Phi) is 4.76. The summed E-state index contributed by atoms with van der Waals surface area (Å²) in [5.41, 5.74) is 2.45. The highest BCUT2D eigenvalue weighted by molar-refractivity contribution is 6.07. The van der Waals surface area contributed by atoms with Crippen LogP contribution in [0.15, 0.2) is 52.9 Å². The fourth-order valence-electron chi connectivity index (χ4n) is 4.85. The molecule has 1 unspecified atom stereocenters. The van der Waals surface area contributed by atoms with Gasteiger partial charge in [0.05, 0.1) is 5.56 Å². The van der Waals surface area contributed by atoms with E-state index < -0.39 is 0 Å². The van der Waals surface area contributed by atoms with Crippen LogP contribution >= 0.6 is 0 Å². The molecule has 5 nitrogen and oxygen atoms in total. The lowest BCUT2D eigenvalue weighted by atomic mass is 10.0. The van der Waals surface area contributed by atoms with Crippen molar-refractivity contribution >= 4 is 16.9 Å². The van der Waals surface area contributed by atoms with Crippen molar-refractivity contribution in [1.82, 2.24) is 10.6 Å². The zero-order valence-corrected chi connectivity index (χ0v) is 16.6. The highest BCUT2D eigenvalue weighted by atomic mass is 16.5. The van der Waals surface area contributed by atoms with Gasteiger partial charge in [-0.15, -0.1) is 0 Å². The summed E-state index contributed by atoms with van der Waals surface area (Å²) in [6.07, 6.45) is 2.12. The van der Waals surface area contributed by atoms with Crippen molar-refractivity contribution in [2.45, 2.75) is 32.4 Å². The second-order valence-corrected chi connectivity index (χ2v) is 8.29. The Bertz CT molecular complexity index is 1020. The van der Waals surface area contributed by atoms with Crippen molar-refractivity contribution in [3.05, 3.63) is 65.4 Å². The van der Waals surface area contributed by atoms with Crippen molar-refractivity contribution in [3.8, 4) is 5.75 Å². The molecule has 0 spiro atoms. The Balaban J connectivity index is 1.34. The van der Waals surface area contributed by atoms with E-state index in [2.05, 4.69) is 10.6 Å². The highest BCUT2D eigenvalue weighted by Gasteiger charge is 2.38. The first-order valence-corrected chi connectivity index (χ1v) is 10.4. The average Bonchev–Trinajstić information content (AvgIpc) is 3.39. The van der Waals surface area contributed by atoms with Crippen molar-refractivity contribution in [2.24, 2.45) is 11.8 Å². The van der Waals surface area contributed by atoms with Gasteiger partial charge in [0.25, 0.3) is 5.91 Å². The second kappa shape index (κ2) is 7.56. The molecule has 2 fully saturated rings. The molecule has 2 aliphatic rings. The first kappa shape index (κ1) is 18.3. The SMILES string of the molecule is Cc1oc2ccc(OCc3ccccc3)cc2c1C(=O)NC1C[C@H]2CNC[C@H]2C1. The van der Waals surface area contributed by atoms with Crippen molar-refractivity contribution in [2.75, 3.05) is 13.1 Å². The summed E-state index contributed by atoms with van der Waals surface area (Å²) in [6.45, 7) is 4.50. The summed E-state index contributed by atoms with van der Waals surface area (Å²) >= 11 is 0. The van der Waals surface area contributed by atoms with Gasteiger partial charge in [-0.3, -0.25) is 4.79 Å². The van der Waals surface area contributed by atoms with Crippen LogP contribution in [0.25, 0.3) is 11.0 Å². The fourth-order valence-corrected chi connectivity index (χ4v) is 4.85. The van der Waals surface area contributed by atoms with Gasteiger partial charge < -0.3 is 19.8 Å². The Morgan fingerprint density at radius 3 is 2.66 bits per heavy atom.